The Bertz CT molecular complexity index is 1430. The van der Waals surface area contributed by atoms with Crippen LogP contribution in [0.4, 0.5) is 10.1 Å². The Morgan fingerprint density at radius 2 is 2.05 bits per heavy atom. The van der Waals surface area contributed by atoms with Gasteiger partial charge in [-0.3, -0.25) is 9.88 Å². The molecule has 0 amide bonds. The summed E-state index contributed by atoms with van der Waals surface area (Å²) in [5.41, 5.74) is 7.13. The zero-order chi connectivity index (χ0) is 26.5. The number of benzene rings is 1. The molecule has 2 N–H and O–H groups in total. The summed E-state index contributed by atoms with van der Waals surface area (Å²) in [7, 11) is 1.82. The molecule has 0 unspecified atom stereocenters. The summed E-state index contributed by atoms with van der Waals surface area (Å²) >= 11 is 1.68. The first-order valence-corrected chi connectivity index (χ1v) is 14.0. The fourth-order valence-corrected chi connectivity index (χ4v) is 5.94. The first kappa shape index (κ1) is 26.1. The molecule has 1 aromatic carbocycles. The molecule has 0 atom stereocenters. The fourth-order valence-electron chi connectivity index (χ4n) is 5.19. The highest BCUT2D eigenvalue weighted by Gasteiger charge is 2.18. The standard InChI is InChI=1S/C31H34FN5S/c1-4-9-25(29-10-8-13-38-29)31-21(2)35-30(36-31)16-23-15-26(27(32)17-28(23)33-3)24-14-22(18-34-19-24)20-37-11-6-5-7-12-37/h4,8-10,13-15,17-19,33H,1,5-7,11-12,16,20H2,2-3H3,(H,35,36)/b25-9-. The molecule has 1 fully saturated rings. The molecule has 0 aliphatic carbocycles. The number of likely N-dealkylation sites (tertiary alicyclic amines) is 1. The van der Waals surface area contributed by atoms with Gasteiger partial charge < -0.3 is 10.3 Å². The predicted molar refractivity (Wildman–Crippen MR) is 156 cm³/mol. The summed E-state index contributed by atoms with van der Waals surface area (Å²) in [5.74, 6) is 0.565. The van der Waals surface area contributed by atoms with Crippen molar-refractivity contribution in [3.63, 3.8) is 0 Å². The van der Waals surface area contributed by atoms with Gasteiger partial charge in [0.1, 0.15) is 11.6 Å². The van der Waals surface area contributed by atoms with Gasteiger partial charge in [-0.05, 0) is 73.6 Å². The van der Waals surface area contributed by atoms with Crippen LogP contribution >= 0.6 is 11.3 Å². The van der Waals surface area contributed by atoms with Gasteiger partial charge in [0.2, 0.25) is 0 Å². The topological polar surface area (TPSA) is 56.8 Å². The number of nitrogens with zero attached hydrogens (tertiary/aromatic N) is 3. The van der Waals surface area contributed by atoms with Crippen LogP contribution in [-0.4, -0.2) is 40.0 Å². The number of rotatable bonds is 9. The molecular formula is C31H34FN5S. The van der Waals surface area contributed by atoms with Gasteiger partial charge in [0, 0.05) is 65.4 Å². The van der Waals surface area contributed by atoms with Crippen molar-refractivity contribution < 1.29 is 4.39 Å². The molecule has 5 nitrogen and oxygen atoms in total. The van der Waals surface area contributed by atoms with Crippen LogP contribution in [0.1, 0.15) is 52.5 Å². The second-order valence-corrected chi connectivity index (χ2v) is 10.7. The molecule has 3 aromatic heterocycles. The van der Waals surface area contributed by atoms with Gasteiger partial charge in [-0.1, -0.05) is 31.2 Å². The monoisotopic (exact) mass is 527 g/mol. The zero-order valence-electron chi connectivity index (χ0n) is 22.1. The Labute approximate surface area is 228 Å². The smallest absolute Gasteiger partial charge is 0.133 e. The maximum absolute atomic E-state index is 15.3. The molecule has 1 saturated heterocycles. The summed E-state index contributed by atoms with van der Waals surface area (Å²) in [6, 6.07) is 9.71. The number of piperidine rings is 1. The second-order valence-electron chi connectivity index (χ2n) is 9.79. The normalized spacial score (nSPS) is 14.6. The van der Waals surface area contributed by atoms with Crippen LogP contribution in [0.25, 0.3) is 16.7 Å². The van der Waals surface area contributed by atoms with Gasteiger partial charge in [-0.25, -0.2) is 9.37 Å². The highest BCUT2D eigenvalue weighted by atomic mass is 32.1. The Kier molecular flexibility index (Phi) is 8.15. The van der Waals surface area contributed by atoms with Crippen LogP contribution < -0.4 is 5.32 Å². The molecule has 4 aromatic rings. The van der Waals surface area contributed by atoms with Gasteiger partial charge in [-0.15, -0.1) is 11.3 Å². The number of thiophene rings is 1. The number of allylic oxidation sites excluding steroid dienone is 2. The van der Waals surface area contributed by atoms with Crippen molar-refractivity contribution >= 4 is 22.6 Å². The lowest BCUT2D eigenvalue weighted by molar-refractivity contribution is 0.220. The SMILES string of the molecule is C=C/C=C(/c1cccs1)c1nc(Cc2cc(-c3cncc(CN4CCCCC4)c3)c(F)cc2NC)[nH]c1C. The van der Waals surface area contributed by atoms with E-state index in [2.05, 4.69) is 44.3 Å². The first-order chi connectivity index (χ1) is 18.6. The maximum Gasteiger partial charge on any atom is 0.133 e. The minimum atomic E-state index is -0.264. The maximum atomic E-state index is 15.3. The van der Waals surface area contributed by atoms with Crippen molar-refractivity contribution in [1.29, 1.82) is 0 Å². The van der Waals surface area contributed by atoms with E-state index in [4.69, 9.17) is 4.98 Å². The van der Waals surface area contributed by atoms with Crippen LogP contribution in [0, 0.1) is 12.7 Å². The molecule has 0 saturated carbocycles. The van der Waals surface area contributed by atoms with Crippen molar-refractivity contribution in [2.45, 2.75) is 39.2 Å². The highest BCUT2D eigenvalue weighted by Crippen LogP contribution is 2.32. The van der Waals surface area contributed by atoms with Crippen molar-refractivity contribution in [1.82, 2.24) is 19.9 Å². The Balaban J connectivity index is 1.45. The van der Waals surface area contributed by atoms with Gasteiger partial charge in [-0.2, -0.15) is 0 Å². The number of halogens is 1. The largest absolute Gasteiger partial charge is 0.388 e. The van der Waals surface area contributed by atoms with E-state index in [-0.39, 0.29) is 5.82 Å². The quantitative estimate of drug-likeness (QED) is 0.226. The second kappa shape index (κ2) is 11.9. The average Bonchev–Trinajstić information content (AvgIpc) is 3.59. The number of pyridine rings is 1. The lowest BCUT2D eigenvalue weighted by Gasteiger charge is -2.26. The van der Waals surface area contributed by atoms with Crippen molar-refractivity contribution in [3.8, 4) is 11.1 Å². The number of imidazole rings is 1. The Morgan fingerprint density at radius 3 is 2.79 bits per heavy atom. The lowest BCUT2D eigenvalue weighted by atomic mass is 9.99. The van der Waals surface area contributed by atoms with Crippen LogP contribution in [0.3, 0.4) is 0 Å². The molecule has 5 rings (SSSR count). The summed E-state index contributed by atoms with van der Waals surface area (Å²) in [6.07, 6.45) is 11.8. The summed E-state index contributed by atoms with van der Waals surface area (Å²) in [4.78, 5) is 16.5. The minimum absolute atomic E-state index is 0.264. The lowest BCUT2D eigenvalue weighted by Crippen LogP contribution is -2.29. The third-order valence-corrected chi connectivity index (χ3v) is 7.94. The summed E-state index contributed by atoms with van der Waals surface area (Å²) in [5, 5.41) is 5.22. The predicted octanol–water partition coefficient (Wildman–Crippen LogP) is 7.22. The number of H-pyrrole nitrogens is 1. The molecule has 0 spiro atoms. The van der Waals surface area contributed by atoms with Gasteiger partial charge in [0.15, 0.2) is 0 Å². The van der Waals surface area contributed by atoms with E-state index in [1.165, 1.54) is 19.3 Å². The summed E-state index contributed by atoms with van der Waals surface area (Å²) in [6.45, 7) is 8.99. The van der Waals surface area contributed by atoms with Crippen LogP contribution in [-0.2, 0) is 13.0 Å². The number of aromatic amines is 1. The third kappa shape index (κ3) is 5.79. The average molecular weight is 528 g/mol. The minimum Gasteiger partial charge on any atom is -0.388 e. The van der Waals surface area contributed by atoms with Gasteiger partial charge in [0.05, 0.1) is 5.69 Å². The van der Waals surface area contributed by atoms with Gasteiger partial charge >= 0.3 is 0 Å². The first-order valence-electron chi connectivity index (χ1n) is 13.1. The van der Waals surface area contributed by atoms with Crippen molar-refractivity contribution in [3.05, 3.63) is 106 Å². The number of anilines is 1. The van der Waals surface area contributed by atoms with Crippen LogP contribution in [0.5, 0.6) is 0 Å². The van der Waals surface area contributed by atoms with E-state index in [1.807, 2.05) is 38.4 Å². The summed E-state index contributed by atoms with van der Waals surface area (Å²) < 4.78 is 15.3. The number of nitrogens with one attached hydrogen (secondary N) is 2. The van der Waals surface area contributed by atoms with E-state index in [0.29, 0.717) is 12.0 Å². The Hall–Kier alpha value is -3.55. The van der Waals surface area contributed by atoms with E-state index < -0.39 is 0 Å². The number of hydrogen-bond acceptors (Lipinski definition) is 5. The van der Waals surface area contributed by atoms with Gasteiger partial charge in [0.25, 0.3) is 0 Å². The molecular weight excluding hydrogens is 493 g/mol. The molecule has 7 heteroatoms. The third-order valence-electron chi connectivity index (χ3n) is 7.04. The molecule has 1 aliphatic rings. The molecule has 196 valence electrons. The van der Waals surface area contributed by atoms with Crippen molar-refractivity contribution in [2.75, 3.05) is 25.5 Å². The Morgan fingerprint density at radius 1 is 1.21 bits per heavy atom. The number of aromatic nitrogens is 3. The van der Waals surface area contributed by atoms with Crippen LogP contribution in [0.2, 0.25) is 0 Å². The molecule has 0 radical (unpaired) electrons. The molecule has 1 aliphatic heterocycles. The zero-order valence-corrected chi connectivity index (χ0v) is 22.9. The number of hydrogen-bond donors (Lipinski definition) is 2. The van der Waals surface area contributed by atoms with E-state index in [9.17, 15) is 0 Å². The fraction of sp³-hybridized carbons (Fsp3) is 0.290. The number of aryl methyl sites for hydroxylation is 1. The van der Waals surface area contributed by atoms with E-state index in [0.717, 1.165) is 69.7 Å². The highest BCUT2D eigenvalue weighted by molar-refractivity contribution is 7.11. The molecule has 0 bridgehead atoms. The molecule has 4 heterocycles. The molecule has 38 heavy (non-hydrogen) atoms. The van der Waals surface area contributed by atoms with Crippen molar-refractivity contribution in [2.24, 2.45) is 0 Å². The van der Waals surface area contributed by atoms with Crippen LogP contribution in [0.15, 0.2) is 66.8 Å². The van der Waals surface area contributed by atoms with E-state index >= 15 is 4.39 Å². The van der Waals surface area contributed by atoms with E-state index in [1.54, 1.807) is 29.7 Å².